The molecule has 0 amide bonds. The molecule has 140 valence electrons. The molecule has 0 radical (unpaired) electrons. The summed E-state index contributed by atoms with van der Waals surface area (Å²) in [5.41, 5.74) is 6.15. The molecule has 4 N–H and O–H groups in total. The van der Waals surface area contributed by atoms with Gasteiger partial charge < -0.3 is 20.4 Å². The Hall–Kier alpha value is -3.14. The lowest BCUT2D eigenvalue weighted by molar-refractivity contribution is 0.403. The maximum Gasteiger partial charge on any atom is 0.157 e. The monoisotopic (exact) mass is 364 g/mol. The van der Waals surface area contributed by atoms with Gasteiger partial charge in [0.1, 0.15) is 11.5 Å². The first-order chi connectivity index (χ1) is 12.7. The highest BCUT2D eigenvalue weighted by molar-refractivity contribution is 5.56. The van der Waals surface area contributed by atoms with Crippen LogP contribution in [0.3, 0.4) is 0 Å². The topological polar surface area (TPSA) is 80.9 Å². The van der Waals surface area contributed by atoms with Gasteiger partial charge in [-0.2, -0.15) is 0 Å². The van der Waals surface area contributed by atoms with Crippen LogP contribution < -0.4 is 0 Å². The third-order valence-corrected chi connectivity index (χ3v) is 5.12. The molecule has 0 aliphatic carbocycles. The third kappa shape index (κ3) is 3.43. The van der Waals surface area contributed by atoms with Crippen LogP contribution in [-0.4, -0.2) is 20.4 Å². The SMILES string of the molecule is Cc1cc(C(c2ccc(O)c(O)c2)c2cc(C)c(O)cc2C)c(C)cc1O. The van der Waals surface area contributed by atoms with Crippen LogP contribution in [0.5, 0.6) is 23.0 Å². The number of hydrogen-bond donors (Lipinski definition) is 4. The van der Waals surface area contributed by atoms with E-state index in [1.807, 2.05) is 39.8 Å². The zero-order valence-corrected chi connectivity index (χ0v) is 15.9. The lowest BCUT2D eigenvalue weighted by Crippen LogP contribution is -2.08. The summed E-state index contributed by atoms with van der Waals surface area (Å²) in [6, 6.07) is 12.2. The Morgan fingerprint density at radius 3 is 1.44 bits per heavy atom. The Balaban J connectivity index is 2.32. The van der Waals surface area contributed by atoms with Gasteiger partial charge in [0.2, 0.25) is 0 Å². The predicted octanol–water partition coefficient (Wildman–Crippen LogP) is 4.92. The molecule has 3 aromatic rings. The summed E-state index contributed by atoms with van der Waals surface area (Å²) >= 11 is 0. The first-order valence-electron chi connectivity index (χ1n) is 8.81. The van der Waals surface area contributed by atoms with E-state index in [1.165, 1.54) is 6.07 Å². The fourth-order valence-corrected chi connectivity index (χ4v) is 3.52. The van der Waals surface area contributed by atoms with E-state index >= 15 is 0 Å². The largest absolute Gasteiger partial charge is 0.508 e. The minimum Gasteiger partial charge on any atom is -0.508 e. The maximum absolute atomic E-state index is 10.1. The van der Waals surface area contributed by atoms with Gasteiger partial charge in [-0.25, -0.2) is 0 Å². The fraction of sp³-hybridized carbons (Fsp3) is 0.217. The molecule has 0 saturated heterocycles. The number of benzene rings is 3. The van der Waals surface area contributed by atoms with Gasteiger partial charge >= 0.3 is 0 Å². The highest BCUT2D eigenvalue weighted by atomic mass is 16.3. The first-order valence-corrected chi connectivity index (χ1v) is 8.81. The molecule has 27 heavy (non-hydrogen) atoms. The Morgan fingerprint density at radius 1 is 0.519 bits per heavy atom. The van der Waals surface area contributed by atoms with E-state index in [9.17, 15) is 20.4 Å². The third-order valence-electron chi connectivity index (χ3n) is 5.12. The standard InChI is InChI=1S/C23H24O4/c1-12-9-20(25)14(3)7-17(12)23(16-5-6-19(24)22(27)11-16)18-8-15(4)21(26)10-13(18)2/h5-11,23-27H,1-4H3. The van der Waals surface area contributed by atoms with Crippen molar-refractivity contribution in [3.05, 3.63) is 81.4 Å². The Morgan fingerprint density at radius 2 is 1.00 bits per heavy atom. The number of phenolic OH excluding ortho intramolecular Hbond substituents is 4. The Kier molecular flexibility index (Phi) is 4.75. The van der Waals surface area contributed by atoms with Crippen molar-refractivity contribution in [1.82, 2.24) is 0 Å². The van der Waals surface area contributed by atoms with Crippen molar-refractivity contribution in [2.75, 3.05) is 0 Å². The summed E-state index contributed by atoms with van der Waals surface area (Å²) in [5.74, 6) is -0.104. The van der Waals surface area contributed by atoms with E-state index in [1.54, 1.807) is 24.3 Å². The van der Waals surface area contributed by atoms with Crippen LogP contribution in [-0.2, 0) is 0 Å². The molecule has 0 unspecified atom stereocenters. The van der Waals surface area contributed by atoms with Gasteiger partial charge in [-0.3, -0.25) is 0 Å². The molecular formula is C23H24O4. The van der Waals surface area contributed by atoms with E-state index < -0.39 is 0 Å². The number of rotatable bonds is 3. The lowest BCUT2D eigenvalue weighted by atomic mass is 9.80. The van der Waals surface area contributed by atoms with Gasteiger partial charge in [-0.15, -0.1) is 0 Å². The molecule has 0 spiro atoms. The zero-order chi connectivity index (χ0) is 19.9. The molecule has 3 aromatic carbocycles. The van der Waals surface area contributed by atoms with E-state index in [4.69, 9.17) is 0 Å². The van der Waals surface area contributed by atoms with Gasteiger partial charge in [0, 0.05) is 5.92 Å². The quantitative estimate of drug-likeness (QED) is 0.393. The lowest BCUT2D eigenvalue weighted by Gasteiger charge is -2.24. The second kappa shape index (κ2) is 6.88. The summed E-state index contributed by atoms with van der Waals surface area (Å²) in [4.78, 5) is 0. The van der Waals surface area contributed by atoms with Crippen molar-refractivity contribution >= 4 is 0 Å². The molecule has 0 saturated carbocycles. The number of aromatic hydroxyl groups is 4. The molecule has 0 aliphatic rings. The van der Waals surface area contributed by atoms with Gasteiger partial charge in [0.05, 0.1) is 0 Å². The highest BCUT2D eigenvalue weighted by Crippen LogP contribution is 2.41. The van der Waals surface area contributed by atoms with Crippen LogP contribution >= 0.6 is 0 Å². The molecule has 0 heterocycles. The van der Waals surface area contributed by atoms with Crippen LogP contribution in [0.4, 0.5) is 0 Å². The van der Waals surface area contributed by atoms with Crippen LogP contribution in [0, 0.1) is 27.7 Å². The molecule has 0 atom stereocenters. The minimum absolute atomic E-state index is 0.172. The van der Waals surface area contributed by atoms with Gasteiger partial charge in [0.15, 0.2) is 11.5 Å². The molecule has 0 bridgehead atoms. The summed E-state index contributed by atoms with van der Waals surface area (Å²) in [6.07, 6.45) is 0. The summed E-state index contributed by atoms with van der Waals surface area (Å²) < 4.78 is 0. The van der Waals surface area contributed by atoms with E-state index in [0.717, 1.165) is 38.9 Å². The minimum atomic E-state index is -0.227. The average Bonchev–Trinajstić information content (AvgIpc) is 2.60. The van der Waals surface area contributed by atoms with Crippen LogP contribution in [0.1, 0.15) is 44.9 Å². The molecule has 3 rings (SSSR count). The van der Waals surface area contributed by atoms with Crippen LogP contribution in [0.25, 0.3) is 0 Å². The molecule has 0 aliphatic heterocycles. The normalized spacial score (nSPS) is 11.1. The fourth-order valence-electron chi connectivity index (χ4n) is 3.52. The first kappa shape index (κ1) is 18.6. The van der Waals surface area contributed by atoms with Crippen molar-refractivity contribution in [1.29, 1.82) is 0 Å². The van der Waals surface area contributed by atoms with Gasteiger partial charge in [0.25, 0.3) is 0 Å². The molecular weight excluding hydrogens is 340 g/mol. The summed E-state index contributed by atoms with van der Waals surface area (Å²) in [5, 5.41) is 39.9. The van der Waals surface area contributed by atoms with Gasteiger partial charge in [-0.05, 0) is 90.9 Å². The second-order valence-corrected chi connectivity index (χ2v) is 7.17. The Labute approximate surface area is 159 Å². The van der Waals surface area contributed by atoms with E-state index in [2.05, 4.69) is 0 Å². The zero-order valence-electron chi connectivity index (χ0n) is 15.9. The highest BCUT2D eigenvalue weighted by Gasteiger charge is 2.23. The van der Waals surface area contributed by atoms with Crippen LogP contribution in [0.15, 0.2) is 42.5 Å². The van der Waals surface area contributed by atoms with Crippen molar-refractivity contribution in [2.45, 2.75) is 33.6 Å². The van der Waals surface area contributed by atoms with Crippen molar-refractivity contribution < 1.29 is 20.4 Å². The van der Waals surface area contributed by atoms with Gasteiger partial charge in [-0.1, -0.05) is 18.2 Å². The average molecular weight is 364 g/mol. The number of hydrogen-bond acceptors (Lipinski definition) is 4. The smallest absolute Gasteiger partial charge is 0.157 e. The van der Waals surface area contributed by atoms with Crippen molar-refractivity contribution in [3.63, 3.8) is 0 Å². The van der Waals surface area contributed by atoms with E-state index in [0.29, 0.717) is 0 Å². The molecule has 4 nitrogen and oxygen atoms in total. The van der Waals surface area contributed by atoms with E-state index in [-0.39, 0.29) is 28.9 Å². The Bertz CT molecular complexity index is 964. The molecule has 4 heteroatoms. The van der Waals surface area contributed by atoms with Crippen LogP contribution in [0.2, 0.25) is 0 Å². The second-order valence-electron chi connectivity index (χ2n) is 7.17. The number of aryl methyl sites for hydroxylation is 4. The maximum atomic E-state index is 10.1. The summed E-state index contributed by atoms with van der Waals surface area (Å²) in [7, 11) is 0. The van der Waals surface area contributed by atoms with Crippen molar-refractivity contribution in [2.24, 2.45) is 0 Å². The number of phenols is 4. The molecule has 0 fully saturated rings. The summed E-state index contributed by atoms with van der Waals surface area (Å²) in [6.45, 7) is 7.56. The molecule has 0 aromatic heterocycles. The van der Waals surface area contributed by atoms with Crippen molar-refractivity contribution in [3.8, 4) is 23.0 Å². The predicted molar refractivity (Wildman–Crippen MR) is 106 cm³/mol.